The quantitative estimate of drug-likeness (QED) is 0.415. The van der Waals surface area contributed by atoms with E-state index in [1.807, 2.05) is 12.3 Å². The average Bonchev–Trinajstić information content (AvgIpc) is 3.42. The number of nitrogens with zero attached hydrogens (tertiary/aromatic N) is 3. The minimum Gasteiger partial charge on any atom is -0.384 e. The maximum Gasteiger partial charge on any atom is 0.416 e. The third-order valence-electron chi connectivity index (χ3n) is 5.75. The Balaban J connectivity index is 0.000000252. The van der Waals surface area contributed by atoms with Gasteiger partial charge in [-0.05, 0) is 81.2 Å². The number of anilines is 1. The predicted octanol–water partition coefficient (Wildman–Crippen LogP) is 6.53. The fraction of sp³-hybridized carbons (Fsp3) is 0.440. The molecule has 0 aromatic carbocycles. The summed E-state index contributed by atoms with van der Waals surface area (Å²) in [5.74, 6) is -0.0487. The first-order chi connectivity index (χ1) is 15.7. The van der Waals surface area contributed by atoms with E-state index >= 15 is 0 Å². The molecular weight excluding hydrogens is 432 g/mol. The van der Waals surface area contributed by atoms with Crippen LogP contribution in [0.1, 0.15) is 62.0 Å². The molecule has 0 radical (unpaired) electrons. The van der Waals surface area contributed by atoms with Crippen LogP contribution in [0.4, 0.5) is 23.4 Å². The lowest BCUT2D eigenvalue weighted by Gasteiger charge is -2.12. The Morgan fingerprint density at radius 3 is 2.55 bits per heavy atom. The molecule has 0 saturated heterocycles. The van der Waals surface area contributed by atoms with Crippen molar-refractivity contribution in [3.05, 3.63) is 70.5 Å². The first-order valence-corrected chi connectivity index (χ1v) is 11.3. The van der Waals surface area contributed by atoms with E-state index in [0.29, 0.717) is 5.82 Å². The molecular formula is C25H30F4N4. The van der Waals surface area contributed by atoms with Gasteiger partial charge in [0, 0.05) is 24.0 Å². The van der Waals surface area contributed by atoms with Gasteiger partial charge >= 0.3 is 6.18 Å². The van der Waals surface area contributed by atoms with Crippen LogP contribution in [-0.2, 0) is 25.8 Å². The van der Waals surface area contributed by atoms with E-state index in [1.54, 1.807) is 17.7 Å². The fourth-order valence-electron chi connectivity index (χ4n) is 4.07. The number of nitrogens with two attached hydrogens (primary N) is 1. The maximum atomic E-state index is 14.2. The molecule has 1 aliphatic carbocycles. The Hall–Kier alpha value is -2.90. The number of aromatic nitrogens is 3. The van der Waals surface area contributed by atoms with Crippen molar-refractivity contribution in [3.8, 4) is 0 Å². The predicted molar refractivity (Wildman–Crippen MR) is 123 cm³/mol. The van der Waals surface area contributed by atoms with Crippen LogP contribution in [0, 0.1) is 0 Å². The molecule has 33 heavy (non-hydrogen) atoms. The summed E-state index contributed by atoms with van der Waals surface area (Å²) in [7, 11) is 0. The van der Waals surface area contributed by atoms with Crippen LogP contribution in [-0.4, -0.2) is 20.9 Å². The number of fused-ring (bicyclic) bond motifs is 2. The van der Waals surface area contributed by atoms with Gasteiger partial charge in [-0.15, -0.1) is 0 Å². The topological polar surface area (TPSA) is 56.7 Å². The summed E-state index contributed by atoms with van der Waals surface area (Å²) < 4.78 is 55.2. The molecule has 8 heteroatoms. The third kappa shape index (κ3) is 6.33. The summed E-state index contributed by atoms with van der Waals surface area (Å²) in [6.07, 6.45) is 7.10. The van der Waals surface area contributed by atoms with Crippen LogP contribution in [0.3, 0.4) is 0 Å². The molecule has 0 bridgehead atoms. The number of aryl methyl sites for hydroxylation is 4. The second-order valence-corrected chi connectivity index (χ2v) is 8.19. The van der Waals surface area contributed by atoms with Crippen molar-refractivity contribution in [2.24, 2.45) is 0 Å². The second-order valence-electron chi connectivity index (χ2n) is 8.19. The van der Waals surface area contributed by atoms with Crippen molar-refractivity contribution >= 4 is 11.4 Å². The van der Waals surface area contributed by atoms with Crippen LogP contribution in [0.5, 0.6) is 0 Å². The molecule has 178 valence electrons. The highest BCUT2D eigenvalue weighted by Crippen LogP contribution is 2.33. The zero-order valence-corrected chi connectivity index (χ0v) is 19.1. The lowest BCUT2D eigenvalue weighted by Crippen LogP contribution is -2.11. The van der Waals surface area contributed by atoms with E-state index in [-0.39, 0.29) is 17.7 Å². The van der Waals surface area contributed by atoms with E-state index in [4.69, 9.17) is 5.73 Å². The number of alkyl halides is 3. The summed E-state index contributed by atoms with van der Waals surface area (Å²) in [5.41, 5.74) is 8.52. The molecule has 0 unspecified atom stereocenters. The van der Waals surface area contributed by atoms with E-state index in [1.165, 1.54) is 37.3 Å². The minimum atomic E-state index is -4.52. The van der Waals surface area contributed by atoms with Crippen molar-refractivity contribution in [3.63, 3.8) is 0 Å². The Labute approximate surface area is 191 Å². The summed E-state index contributed by atoms with van der Waals surface area (Å²) in [6, 6.07) is 3.68. The normalized spacial score (nSPS) is 16.7. The molecule has 4 rings (SSSR count). The van der Waals surface area contributed by atoms with Crippen LogP contribution in [0.25, 0.3) is 5.57 Å². The summed E-state index contributed by atoms with van der Waals surface area (Å²) in [5, 5.41) is 4.29. The molecule has 2 aromatic rings. The summed E-state index contributed by atoms with van der Waals surface area (Å²) in [4.78, 5) is 4.03. The van der Waals surface area contributed by atoms with E-state index in [0.717, 1.165) is 49.7 Å². The van der Waals surface area contributed by atoms with Crippen molar-refractivity contribution in [2.75, 3.05) is 5.73 Å². The van der Waals surface area contributed by atoms with Gasteiger partial charge in [0.05, 0.1) is 11.3 Å². The van der Waals surface area contributed by atoms with Gasteiger partial charge in [-0.2, -0.15) is 18.3 Å². The molecule has 2 aliphatic rings. The maximum absolute atomic E-state index is 14.2. The van der Waals surface area contributed by atoms with Crippen LogP contribution < -0.4 is 5.73 Å². The number of halogens is 4. The molecule has 2 aromatic heterocycles. The number of allylic oxidation sites excluding steroid dienone is 6. The van der Waals surface area contributed by atoms with E-state index in [9.17, 15) is 17.6 Å². The number of hydrogen-bond acceptors (Lipinski definition) is 3. The Kier molecular flexibility index (Phi) is 8.10. The van der Waals surface area contributed by atoms with Gasteiger partial charge in [0.15, 0.2) is 0 Å². The number of pyridine rings is 1. The Morgan fingerprint density at radius 1 is 1.12 bits per heavy atom. The molecule has 0 amide bonds. The summed E-state index contributed by atoms with van der Waals surface area (Å²) in [6.45, 7) is 3.79. The number of nitrogen functional groups attached to an aromatic ring is 1. The second kappa shape index (κ2) is 10.8. The first kappa shape index (κ1) is 24.7. The largest absolute Gasteiger partial charge is 0.416 e. The highest BCUT2D eigenvalue weighted by molar-refractivity contribution is 5.77. The highest BCUT2D eigenvalue weighted by atomic mass is 19.4. The number of hydrogen-bond donors (Lipinski definition) is 1. The van der Waals surface area contributed by atoms with Crippen LogP contribution in [0.15, 0.2) is 48.0 Å². The van der Waals surface area contributed by atoms with Crippen LogP contribution >= 0.6 is 0 Å². The van der Waals surface area contributed by atoms with Gasteiger partial charge in [-0.1, -0.05) is 19.1 Å². The first-order valence-electron chi connectivity index (χ1n) is 11.3. The molecule has 0 fully saturated rings. The van der Waals surface area contributed by atoms with Gasteiger partial charge in [0.2, 0.25) is 0 Å². The van der Waals surface area contributed by atoms with Gasteiger partial charge in [-0.25, -0.2) is 9.37 Å². The molecule has 0 spiro atoms. The average molecular weight is 463 g/mol. The van der Waals surface area contributed by atoms with E-state index in [2.05, 4.69) is 10.1 Å². The molecule has 4 nitrogen and oxygen atoms in total. The zero-order chi connectivity index (χ0) is 24.0. The van der Waals surface area contributed by atoms with Gasteiger partial charge < -0.3 is 5.73 Å². The Bertz CT molecular complexity index is 1040. The van der Waals surface area contributed by atoms with Crippen molar-refractivity contribution < 1.29 is 17.6 Å². The fourth-order valence-corrected chi connectivity index (χ4v) is 4.07. The van der Waals surface area contributed by atoms with E-state index < -0.39 is 17.6 Å². The molecule has 2 N–H and O–H groups in total. The van der Waals surface area contributed by atoms with Gasteiger partial charge in [-0.3, -0.25) is 4.68 Å². The monoisotopic (exact) mass is 462 g/mol. The molecule has 0 atom stereocenters. The molecule has 1 aliphatic heterocycles. The van der Waals surface area contributed by atoms with Crippen molar-refractivity contribution in [1.82, 2.24) is 14.8 Å². The third-order valence-corrected chi connectivity index (χ3v) is 5.75. The number of rotatable bonds is 4. The lowest BCUT2D eigenvalue weighted by atomic mass is 10.0. The lowest BCUT2D eigenvalue weighted by molar-refractivity contribution is -0.0883. The summed E-state index contributed by atoms with van der Waals surface area (Å²) >= 11 is 0. The van der Waals surface area contributed by atoms with Gasteiger partial charge in [0.25, 0.3) is 0 Å². The standard InChI is InChI=1S/C17H20F4N2.C8H10N2/c1-3-7-12(17(19,20)21)10-14(15(18)4-2)16-11-13-8-5-6-9-23(13)22-16;9-8-4-6-2-1-3-7(6)5-10-8/h4,7,10-11H,3,5-6,8-9H2,1-2H3;4-5H,1-3H2,(H2,9,10)/b12-7-,14-10+,15-4+;. The zero-order valence-electron chi connectivity index (χ0n) is 19.1. The van der Waals surface area contributed by atoms with Crippen LogP contribution in [0.2, 0.25) is 0 Å². The smallest absolute Gasteiger partial charge is 0.384 e. The molecule has 3 heterocycles. The van der Waals surface area contributed by atoms with Gasteiger partial charge in [0.1, 0.15) is 11.6 Å². The highest BCUT2D eigenvalue weighted by Gasteiger charge is 2.32. The SMILES string of the molecule is C\C=C(F)/C(=C\C(=C\CC)C(F)(F)F)c1cc2n(n1)CCCC2.Nc1cc2c(cn1)CCC2. The molecule has 0 saturated carbocycles. The Morgan fingerprint density at radius 2 is 1.88 bits per heavy atom. The van der Waals surface area contributed by atoms with Crippen molar-refractivity contribution in [2.45, 2.75) is 71.5 Å². The van der Waals surface area contributed by atoms with Crippen molar-refractivity contribution in [1.29, 1.82) is 0 Å². The minimum absolute atomic E-state index is 0.119.